The van der Waals surface area contributed by atoms with Crippen molar-refractivity contribution in [2.75, 3.05) is 5.32 Å². The van der Waals surface area contributed by atoms with E-state index in [1.54, 1.807) is 0 Å². The first-order valence-corrected chi connectivity index (χ1v) is 7.76. The van der Waals surface area contributed by atoms with Gasteiger partial charge in [0.1, 0.15) is 5.69 Å². The first-order valence-electron chi connectivity index (χ1n) is 6.95. The van der Waals surface area contributed by atoms with Crippen molar-refractivity contribution >= 4 is 34.5 Å². The van der Waals surface area contributed by atoms with Crippen molar-refractivity contribution in [1.29, 1.82) is 0 Å². The summed E-state index contributed by atoms with van der Waals surface area (Å²) < 4.78 is 76.8. The summed E-state index contributed by atoms with van der Waals surface area (Å²) in [5, 5.41) is 24.0. The van der Waals surface area contributed by atoms with Gasteiger partial charge in [0, 0.05) is 16.6 Å². The van der Waals surface area contributed by atoms with Gasteiger partial charge in [0.15, 0.2) is 0 Å². The van der Waals surface area contributed by atoms with Crippen molar-refractivity contribution in [3.05, 3.63) is 62.2 Å². The minimum Gasteiger partial charge on any atom is -0.349 e. The van der Waals surface area contributed by atoms with Crippen molar-refractivity contribution in [1.82, 2.24) is 0 Å². The molecule has 0 aliphatic heterocycles. The van der Waals surface area contributed by atoms with Crippen LogP contribution in [0, 0.1) is 20.2 Å². The van der Waals surface area contributed by atoms with E-state index in [2.05, 4.69) is 5.32 Å². The summed E-state index contributed by atoms with van der Waals surface area (Å²) in [6, 6.07) is 4.35. The van der Waals surface area contributed by atoms with E-state index in [9.17, 15) is 46.6 Å². The van der Waals surface area contributed by atoms with Gasteiger partial charge in [-0.05, 0) is 36.0 Å². The van der Waals surface area contributed by atoms with Gasteiger partial charge in [0.05, 0.1) is 21.5 Å². The summed E-state index contributed by atoms with van der Waals surface area (Å²) in [5.41, 5.74) is -9.84. The quantitative estimate of drug-likeness (QED) is 0.277. The highest BCUT2D eigenvalue weighted by Crippen LogP contribution is 2.44. The Labute approximate surface area is 155 Å². The topological polar surface area (TPSA) is 98.3 Å². The zero-order valence-corrected chi connectivity index (χ0v) is 14.0. The Balaban J connectivity index is 2.52. The van der Waals surface area contributed by atoms with E-state index in [1.165, 1.54) is 0 Å². The number of rotatable bonds is 5. The van der Waals surface area contributed by atoms with Gasteiger partial charge in [-0.3, -0.25) is 20.2 Å². The molecule has 28 heavy (non-hydrogen) atoms. The molecule has 0 bridgehead atoms. The molecule has 150 valence electrons. The molecular formula is C14H7F6N3O4S. The van der Waals surface area contributed by atoms with Crippen LogP contribution in [0.4, 0.5) is 49.1 Å². The van der Waals surface area contributed by atoms with Gasteiger partial charge in [-0.25, -0.2) is 0 Å². The number of benzene rings is 2. The van der Waals surface area contributed by atoms with Gasteiger partial charge in [-0.2, -0.15) is 26.3 Å². The number of hydrogen-bond donors (Lipinski definition) is 1. The maximum Gasteiger partial charge on any atom is 0.446 e. The fourth-order valence-electron chi connectivity index (χ4n) is 2.10. The Morgan fingerprint density at radius 1 is 0.893 bits per heavy atom. The summed E-state index contributed by atoms with van der Waals surface area (Å²) in [6.07, 6.45) is -5.18. The molecule has 2 aromatic rings. The van der Waals surface area contributed by atoms with Crippen molar-refractivity contribution < 1.29 is 36.2 Å². The lowest BCUT2D eigenvalue weighted by Crippen LogP contribution is -2.12. The van der Waals surface area contributed by atoms with Crippen LogP contribution in [0.15, 0.2) is 41.3 Å². The SMILES string of the molecule is O=[N+]([O-])c1cc([N+](=O)[O-])c(Nc2ccc(SC(F)(F)F)cc2)c(C(F)(F)F)c1. The molecule has 0 radical (unpaired) electrons. The van der Waals surface area contributed by atoms with Crippen molar-refractivity contribution in [2.24, 2.45) is 0 Å². The van der Waals surface area contributed by atoms with Gasteiger partial charge < -0.3 is 5.32 Å². The number of nitrogens with zero attached hydrogens (tertiary/aromatic N) is 2. The highest BCUT2D eigenvalue weighted by Gasteiger charge is 2.39. The van der Waals surface area contributed by atoms with Crippen LogP contribution in [-0.2, 0) is 6.18 Å². The van der Waals surface area contributed by atoms with Crippen LogP contribution >= 0.6 is 11.8 Å². The second-order valence-corrected chi connectivity index (χ2v) is 6.24. The number of nitro benzene ring substituents is 2. The Morgan fingerprint density at radius 3 is 1.89 bits per heavy atom. The molecule has 14 heteroatoms. The summed E-state index contributed by atoms with van der Waals surface area (Å²) in [6.45, 7) is 0. The van der Waals surface area contributed by atoms with E-state index < -0.39 is 55.9 Å². The number of hydrogen-bond acceptors (Lipinski definition) is 6. The van der Waals surface area contributed by atoms with Crippen LogP contribution in [0.25, 0.3) is 0 Å². The van der Waals surface area contributed by atoms with Crippen LogP contribution in [0.3, 0.4) is 0 Å². The fraction of sp³-hybridized carbons (Fsp3) is 0.143. The third-order valence-electron chi connectivity index (χ3n) is 3.17. The van der Waals surface area contributed by atoms with E-state index >= 15 is 0 Å². The molecule has 0 atom stereocenters. The zero-order chi connectivity index (χ0) is 21.3. The number of halogens is 6. The number of non-ortho nitro benzene ring substituents is 1. The number of nitro groups is 2. The van der Waals surface area contributed by atoms with Crippen LogP contribution in [0.2, 0.25) is 0 Å². The maximum atomic E-state index is 13.3. The first kappa shape index (κ1) is 21.3. The number of alkyl halides is 6. The van der Waals surface area contributed by atoms with Crippen molar-refractivity contribution in [3.63, 3.8) is 0 Å². The van der Waals surface area contributed by atoms with E-state index in [0.717, 1.165) is 24.3 Å². The molecule has 0 aromatic heterocycles. The van der Waals surface area contributed by atoms with E-state index in [4.69, 9.17) is 0 Å². The lowest BCUT2D eigenvalue weighted by molar-refractivity contribution is -0.394. The predicted octanol–water partition coefficient (Wildman–Crippen LogP) is 5.88. The van der Waals surface area contributed by atoms with Crippen LogP contribution in [0.5, 0.6) is 0 Å². The summed E-state index contributed by atoms with van der Waals surface area (Å²) in [5.74, 6) is 0. The molecule has 7 nitrogen and oxygen atoms in total. The minimum absolute atomic E-state index is 0.128. The standard InChI is InChI=1S/C14H7F6N3O4S/c15-13(16,17)10-5-8(22(24)25)6-11(23(26)27)12(10)21-7-1-3-9(4-2-7)28-14(18,19)20/h1-6,21H. The average molecular weight is 427 g/mol. The Hall–Kier alpha value is -3.03. The molecule has 0 aliphatic rings. The molecular weight excluding hydrogens is 420 g/mol. The predicted molar refractivity (Wildman–Crippen MR) is 86.4 cm³/mol. The lowest BCUT2D eigenvalue weighted by atomic mass is 10.1. The third kappa shape index (κ3) is 5.25. The largest absolute Gasteiger partial charge is 0.446 e. The summed E-state index contributed by atoms with van der Waals surface area (Å²) >= 11 is -0.455. The molecule has 0 saturated carbocycles. The number of anilines is 2. The molecule has 1 N–H and O–H groups in total. The van der Waals surface area contributed by atoms with Gasteiger partial charge in [-0.1, -0.05) is 0 Å². The van der Waals surface area contributed by atoms with Crippen LogP contribution < -0.4 is 5.32 Å². The Bertz CT molecular complexity index is 915. The first-order chi connectivity index (χ1) is 12.8. The molecule has 2 aromatic carbocycles. The lowest BCUT2D eigenvalue weighted by Gasteiger charge is -2.15. The monoisotopic (exact) mass is 427 g/mol. The van der Waals surface area contributed by atoms with Crippen LogP contribution in [0.1, 0.15) is 5.56 Å². The van der Waals surface area contributed by atoms with Crippen molar-refractivity contribution in [3.8, 4) is 0 Å². The molecule has 2 rings (SSSR count). The molecule has 0 amide bonds. The zero-order valence-electron chi connectivity index (χ0n) is 13.2. The van der Waals surface area contributed by atoms with Gasteiger partial charge in [0.2, 0.25) is 0 Å². The molecule has 0 aliphatic carbocycles. The number of thioether (sulfide) groups is 1. The van der Waals surface area contributed by atoms with Gasteiger partial charge in [0.25, 0.3) is 11.4 Å². The summed E-state index contributed by atoms with van der Waals surface area (Å²) in [7, 11) is 0. The Morgan fingerprint density at radius 2 is 1.46 bits per heavy atom. The molecule has 0 saturated heterocycles. The second kappa shape index (κ2) is 7.53. The van der Waals surface area contributed by atoms with Gasteiger partial charge in [-0.15, -0.1) is 0 Å². The van der Waals surface area contributed by atoms with E-state index in [-0.39, 0.29) is 16.6 Å². The van der Waals surface area contributed by atoms with Crippen molar-refractivity contribution in [2.45, 2.75) is 16.6 Å². The molecule has 0 spiro atoms. The molecule has 0 fully saturated rings. The van der Waals surface area contributed by atoms with Crippen LogP contribution in [-0.4, -0.2) is 15.4 Å². The fourth-order valence-corrected chi connectivity index (χ4v) is 2.64. The minimum atomic E-state index is -5.18. The highest BCUT2D eigenvalue weighted by atomic mass is 32.2. The summed E-state index contributed by atoms with van der Waals surface area (Å²) in [4.78, 5) is 19.2. The second-order valence-electron chi connectivity index (χ2n) is 5.10. The number of nitrogens with one attached hydrogen (secondary N) is 1. The van der Waals surface area contributed by atoms with E-state index in [0.29, 0.717) is 6.07 Å². The van der Waals surface area contributed by atoms with E-state index in [1.807, 2.05) is 0 Å². The normalized spacial score (nSPS) is 11.9. The Kier molecular flexibility index (Phi) is 5.72. The third-order valence-corrected chi connectivity index (χ3v) is 3.91. The van der Waals surface area contributed by atoms with Gasteiger partial charge >= 0.3 is 11.7 Å². The molecule has 0 heterocycles. The highest BCUT2D eigenvalue weighted by molar-refractivity contribution is 8.00. The smallest absolute Gasteiger partial charge is 0.349 e. The average Bonchev–Trinajstić information content (AvgIpc) is 2.53. The maximum absolute atomic E-state index is 13.3. The molecule has 0 unspecified atom stereocenters.